The molecule has 2 atom stereocenters. The summed E-state index contributed by atoms with van der Waals surface area (Å²) in [6, 6.07) is 0. The molecule has 0 amide bonds. The molecule has 1 fully saturated rings. The molecular formula is C20H33NO6. The van der Waals surface area contributed by atoms with Crippen LogP contribution in [0.5, 0.6) is 0 Å². The number of aliphatic carboxylic acids is 1. The second-order valence-electron chi connectivity index (χ2n) is 8.63. The van der Waals surface area contributed by atoms with Crippen LogP contribution in [0.25, 0.3) is 0 Å². The monoisotopic (exact) mass is 383 g/mol. The molecule has 1 N–H and O–H groups in total. The number of carbonyl (C=O) groups is 3. The molecule has 2 unspecified atom stereocenters. The number of hydrogen-bond donors (Lipinski definition) is 1. The molecule has 0 spiro atoms. The standard InChI is InChI=1S/C20H33NO6/c1-8-17(24)26-13(2)9-14(10-16(22)23)18(25)27-15-11-19(3,4)21(7)20(5,6)12-15/h8,13-15H,1,9-12H2,2-7H3,(H,22,23). The lowest BCUT2D eigenvalue weighted by atomic mass is 9.78. The summed E-state index contributed by atoms with van der Waals surface area (Å²) in [6.07, 6.45) is 1.18. The van der Waals surface area contributed by atoms with Crippen molar-refractivity contribution in [1.82, 2.24) is 4.90 Å². The average molecular weight is 383 g/mol. The fourth-order valence-corrected chi connectivity index (χ4v) is 3.79. The van der Waals surface area contributed by atoms with Crippen LogP contribution in [0.2, 0.25) is 0 Å². The van der Waals surface area contributed by atoms with Gasteiger partial charge in [-0.25, -0.2) is 4.79 Å². The Balaban J connectivity index is 2.82. The summed E-state index contributed by atoms with van der Waals surface area (Å²) in [5, 5.41) is 9.14. The zero-order valence-electron chi connectivity index (χ0n) is 17.3. The molecular weight excluding hydrogens is 350 g/mol. The SMILES string of the molecule is C=CC(=O)OC(C)CC(CC(=O)O)C(=O)OC1CC(C)(C)N(C)C(C)(C)C1. The highest BCUT2D eigenvalue weighted by molar-refractivity contribution is 5.81. The molecule has 0 aromatic rings. The van der Waals surface area contributed by atoms with Gasteiger partial charge in [0.05, 0.1) is 12.3 Å². The van der Waals surface area contributed by atoms with Gasteiger partial charge >= 0.3 is 17.9 Å². The molecule has 1 heterocycles. The highest BCUT2D eigenvalue weighted by Gasteiger charge is 2.45. The maximum absolute atomic E-state index is 12.7. The van der Waals surface area contributed by atoms with Crippen LogP contribution in [0, 0.1) is 5.92 Å². The Morgan fingerprint density at radius 3 is 2.19 bits per heavy atom. The topological polar surface area (TPSA) is 93.1 Å². The van der Waals surface area contributed by atoms with Gasteiger partial charge in [0.25, 0.3) is 0 Å². The molecule has 0 saturated carbocycles. The molecule has 1 rings (SSSR count). The van der Waals surface area contributed by atoms with E-state index in [9.17, 15) is 14.4 Å². The lowest BCUT2D eigenvalue weighted by Gasteiger charge is -2.53. The van der Waals surface area contributed by atoms with Crippen LogP contribution in [0.3, 0.4) is 0 Å². The molecule has 0 bridgehead atoms. The van der Waals surface area contributed by atoms with Gasteiger partial charge in [0.15, 0.2) is 0 Å². The van der Waals surface area contributed by atoms with Gasteiger partial charge < -0.3 is 14.6 Å². The Hall–Kier alpha value is -1.89. The van der Waals surface area contributed by atoms with E-state index in [2.05, 4.69) is 46.2 Å². The maximum atomic E-state index is 12.7. The summed E-state index contributed by atoms with van der Waals surface area (Å²) < 4.78 is 10.8. The van der Waals surface area contributed by atoms with Crippen LogP contribution in [0.4, 0.5) is 0 Å². The number of rotatable bonds is 8. The van der Waals surface area contributed by atoms with Crippen LogP contribution >= 0.6 is 0 Å². The molecule has 1 aliphatic heterocycles. The minimum Gasteiger partial charge on any atom is -0.481 e. The normalized spacial score (nSPS) is 21.7. The van der Waals surface area contributed by atoms with Crippen molar-refractivity contribution in [2.24, 2.45) is 5.92 Å². The molecule has 1 saturated heterocycles. The fourth-order valence-electron chi connectivity index (χ4n) is 3.79. The summed E-state index contributed by atoms with van der Waals surface area (Å²) in [7, 11) is 2.06. The highest BCUT2D eigenvalue weighted by Crippen LogP contribution is 2.38. The Labute approximate surface area is 161 Å². The molecule has 7 heteroatoms. The van der Waals surface area contributed by atoms with Crippen LogP contribution in [-0.4, -0.2) is 58.2 Å². The van der Waals surface area contributed by atoms with Crippen LogP contribution in [0.1, 0.15) is 60.3 Å². The number of ether oxygens (including phenoxy) is 2. The summed E-state index contributed by atoms with van der Waals surface area (Å²) in [4.78, 5) is 37.4. The summed E-state index contributed by atoms with van der Waals surface area (Å²) in [5.41, 5.74) is -0.302. The van der Waals surface area contributed by atoms with E-state index in [4.69, 9.17) is 14.6 Å². The summed E-state index contributed by atoms with van der Waals surface area (Å²) in [5.74, 6) is -3.13. The van der Waals surface area contributed by atoms with E-state index >= 15 is 0 Å². The first-order valence-electron chi connectivity index (χ1n) is 9.27. The van der Waals surface area contributed by atoms with Crippen LogP contribution in [-0.2, 0) is 23.9 Å². The second-order valence-corrected chi connectivity index (χ2v) is 8.63. The summed E-state index contributed by atoms with van der Waals surface area (Å²) in [6.45, 7) is 13.3. The number of hydrogen-bond acceptors (Lipinski definition) is 6. The third-order valence-electron chi connectivity index (χ3n) is 5.41. The second kappa shape index (κ2) is 8.87. The first-order chi connectivity index (χ1) is 12.3. The largest absolute Gasteiger partial charge is 0.481 e. The van der Waals surface area contributed by atoms with Gasteiger partial charge in [-0.1, -0.05) is 6.58 Å². The molecule has 7 nitrogen and oxygen atoms in total. The van der Waals surface area contributed by atoms with Gasteiger partial charge in [0.2, 0.25) is 0 Å². The molecule has 0 aromatic heterocycles. The number of esters is 2. The van der Waals surface area contributed by atoms with E-state index in [1.54, 1.807) is 6.92 Å². The van der Waals surface area contributed by atoms with E-state index in [0.29, 0.717) is 12.8 Å². The zero-order valence-corrected chi connectivity index (χ0v) is 17.3. The van der Waals surface area contributed by atoms with Crippen molar-refractivity contribution in [1.29, 1.82) is 0 Å². The van der Waals surface area contributed by atoms with Crippen LogP contribution in [0.15, 0.2) is 12.7 Å². The number of carboxylic acid groups (broad SMARTS) is 1. The minimum absolute atomic E-state index is 0.0874. The first-order valence-corrected chi connectivity index (χ1v) is 9.27. The highest BCUT2D eigenvalue weighted by atomic mass is 16.6. The molecule has 1 aliphatic rings. The van der Waals surface area contributed by atoms with Gasteiger partial charge in [-0.15, -0.1) is 0 Å². The predicted molar refractivity (Wildman–Crippen MR) is 101 cm³/mol. The smallest absolute Gasteiger partial charge is 0.330 e. The number of carbonyl (C=O) groups excluding carboxylic acids is 2. The van der Waals surface area contributed by atoms with Crippen molar-refractivity contribution in [3.8, 4) is 0 Å². The first kappa shape index (κ1) is 23.1. The quantitative estimate of drug-likeness (QED) is 0.509. The maximum Gasteiger partial charge on any atom is 0.330 e. The van der Waals surface area contributed by atoms with E-state index in [1.165, 1.54) is 0 Å². The van der Waals surface area contributed by atoms with Gasteiger partial charge in [-0.3, -0.25) is 14.5 Å². The lowest BCUT2D eigenvalue weighted by molar-refractivity contribution is -0.168. The van der Waals surface area contributed by atoms with Gasteiger partial charge in [-0.05, 0) is 48.1 Å². The number of piperidine rings is 1. The van der Waals surface area contributed by atoms with Crippen molar-refractivity contribution in [3.63, 3.8) is 0 Å². The molecule has 154 valence electrons. The van der Waals surface area contributed by atoms with Crippen molar-refractivity contribution >= 4 is 17.9 Å². The Morgan fingerprint density at radius 2 is 1.74 bits per heavy atom. The van der Waals surface area contributed by atoms with Crippen molar-refractivity contribution in [3.05, 3.63) is 12.7 Å². The third kappa shape index (κ3) is 6.65. The number of nitrogens with zero attached hydrogens (tertiary/aromatic N) is 1. The Kier molecular flexibility index (Phi) is 7.60. The average Bonchev–Trinajstić information content (AvgIpc) is 2.50. The van der Waals surface area contributed by atoms with Crippen LogP contribution < -0.4 is 0 Å². The van der Waals surface area contributed by atoms with Gasteiger partial charge in [0.1, 0.15) is 12.2 Å². The predicted octanol–water partition coefficient (Wildman–Crippen LogP) is 2.78. The van der Waals surface area contributed by atoms with Crippen molar-refractivity contribution in [2.45, 2.75) is 83.6 Å². The van der Waals surface area contributed by atoms with Crippen molar-refractivity contribution in [2.75, 3.05) is 7.05 Å². The third-order valence-corrected chi connectivity index (χ3v) is 5.41. The molecule has 27 heavy (non-hydrogen) atoms. The lowest BCUT2D eigenvalue weighted by Crippen LogP contribution is -2.60. The van der Waals surface area contributed by atoms with Gasteiger partial charge in [-0.2, -0.15) is 0 Å². The fraction of sp³-hybridized carbons (Fsp3) is 0.750. The van der Waals surface area contributed by atoms with Gasteiger partial charge in [0, 0.05) is 30.0 Å². The summed E-state index contributed by atoms with van der Waals surface area (Å²) >= 11 is 0. The number of carboxylic acids is 1. The zero-order chi connectivity index (χ0) is 21.0. The number of likely N-dealkylation sites (tertiary alicyclic amines) is 1. The van der Waals surface area contributed by atoms with E-state index in [-0.39, 0.29) is 30.0 Å². The van der Waals surface area contributed by atoms with Crippen molar-refractivity contribution < 1.29 is 29.0 Å². The van der Waals surface area contributed by atoms with E-state index < -0.39 is 29.9 Å². The molecule has 0 aliphatic carbocycles. The Bertz CT molecular complexity index is 565. The van der Waals surface area contributed by atoms with E-state index in [0.717, 1.165) is 6.08 Å². The molecule has 0 aromatic carbocycles. The Morgan fingerprint density at radius 1 is 1.22 bits per heavy atom. The van der Waals surface area contributed by atoms with E-state index in [1.807, 2.05) is 0 Å². The minimum atomic E-state index is -1.09. The molecule has 0 radical (unpaired) electrons.